The standard InChI is InChI=1S/C23H20N6/c1-16-10-21-20(11-18(16)4-3-8-24)19(6-5-17-7-9-26-27-13-17)12-22(28-21)23-14-25-15-29(23)2/h5-7,9-15H,3-4H2,1-2H3. The summed E-state index contributed by atoms with van der Waals surface area (Å²) < 4.78 is 1.96. The molecule has 6 heteroatoms. The van der Waals surface area contributed by atoms with Crippen molar-refractivity contribution in [2.24, 2.45) is 7.05 Å². The summed E-state index contributed by atoms with van der Waals surface area (Å²) in [6.07, 6.45) is 12.3. The van der Waals surface area contributed by atoms with Gasteiger partial charge in [-0.1, -0.05) is 12.2 Å². The lowest BCUT2D eigenvalue weighted by Gasteiger charge is -2.11. The normalized spacial score (nSPS) is 11.2. The number of fused-ring (bicyclic) bond motifs is 1. The molecule has 0 saturated heterocycles. The molecule has 0 N–H and O–H groups in total. The molecule has 0 aliphatic rings. The van der Waals surface area contributed by atoms with Gasteiger partial charge in [0.15, 0.2) is 0 Å². The molecule has 29 heavy (non-hydrogen) atoms. The molecule has 142 valence electrons. The van der Waals surface area contributed by atoms with Crippen LogP contribution in [0.4, 0.5) is 0 Å². The van der Waals surface area contributed by atoms with Gasteiger partial charge in [-0.15, -0.1) is 0 Å². The Hall–Kier alpha value is -3.85. The molecule has 0 aliphatic carbocycles. The van der Waals surface area contributed by atoms with E-state index in [0.29, 0.717) is 6.42 Å². The fourth-order valence-electron chi connectivity index (χ4n) is 3.37. The highest BCUT2D eigenvalue weighted by Gasteiger charge is 2.11. The Morgan fingerprint density at radius 3 is 2.76 bits per heavy atom. The van der Waals surface area contributed by atoms with Gasteiger partial charge in [0.05, 0.1) is 47.9 Å². The SMILES string of the molecule is Cc1cc2nc(-c3cncn3C)cc(C=Cc3ccnnc3)c2cc1CCC#N. The van der Waals surface area contributed by atoms with Crippen molar-refractivity contribution in [2.75, 3.05) is 0 Å². The number of aryl methyl sites for hydroxylation is 3. The molecule has 1 aromatic carbocycles. The van der Waals surface area contributed by atoms with Crippen molar-refractivity contribution in [3.8, 4) is 17.5 Å². The highest BCUT2D eigenvalue weighted by atomic mass is 15.1. The first-order chi connectivity index (χ1) is 14.2. The van der Waals surface area contributed by atoms with Crippen LogP contribution in [0.1, 0.15) is 28.7 Å². The molecule has 4 rings (SSSR count). The van der Waals surface area contributed by atoms with Gasteiger partial charge in [0.25, 0.3) is 0 Å². The van der Waals surface area contributed by atoms with E-state index in [-0.39, 0.29) is 0 Å². The molecule has 0 atom stereocenters. The summed E-state index contributed by atoms with van der Waals surface area (Å²) >= 11 is 0. The third kappa shape index (κ3) is 3.90. The van der Waals surface area contributed by atoms with E-state index < -0.39 is 0 Å². The lowest BCUT2D eigenvalue weighted by molar-refractivity contribution is 0.917. The average molecular weight is 380 g/mol. The second-order valence-corrected chi connectivity index (χ2v) is 6.95. The number of nitrogens with zero attached hydrogens (tertiary/aromatic N) is 6. The minimum atomic E-state index is 0.501. The summed E-state index contributed by atoms with van der Waals surface area (Å²) in [5, 5.41) is 17.8. The number of hydrogen-bond acceptors (Lipinski definition) is 5. The third-order valence-electron chi connectivity index (χ3n) is 4.95. The summed E-state index contributed by atoms with van der Waals surface area (Å²) in [7, 11) is 1.96. The molecule has 0 fully saturated rings. The molecule has 6 nitrogen and oxygen atoms in total. The summed E-state index contributed by atoms with van der Waals surface area (Å²) in [4.78, 5) is 9.12. The molecule has 0 unspecified atom stereocenters. The lowest BCUT2D eigenvalue weighted by Crippen LogP contribution is -1.97. The molecule has 3 aromatic heterocycles. The smallest absolute Gasteiger partial charge is 0.0948 e. The van der Waals surface area contributed by atoms with Gasteiger partial charge < -0.3 is 4.57 Å². The Kier molecular flexibility index (Phi) is 5.12. The highest BCUT2D eigenvalue weighted by Crippen LogP contribution is 2.28. The van der Waals surface area contributed by atoms with Crippen LogP contribution in [0.15, 0.2) is 49.2 Å². The molecular formula is C23H20N6. The van der Waals surface area contributed by atoms with Crippen molar-refractivity contribution >= 4 is 23.1 Å². The van der Waals surface area contributed by atoms with Crippen LogP contribution in [-0.2, 0) is 13.5 Å². The first-order valence-electron chi connectivity index (χ1n) is 9.38. The number of rotatable bonds is 5. The first kappa shape index (κ1) is 18.5. The molecule has 4 aromatic rings. The van der Waals surface area contributed by atoms with E-state index in [1.807, 2.05) is 30.0 Å². The van der Waals surface area contributed by atoms with Gasteiger partial charge in [-0.05, 0) is 59.9 Å². The average Bonchev–Trinajstić information content (AvgIpc) is 3.17. The van der Waals surface area contributed by atoms with Crippen molar-refractivity contribution in [2.45, 2.75) is 19.8 Å². The van der Waals surface area contributed by atoms with Gasteiger partial charge in [-0.25, -0.2) is 9.97 Å². The van der Waals surface area contributed by atoms with E-state index in [2.05, 4.69) is 52.4 Å². The number of benzene rings is 1. The second-order valence-electron chi connectivity index (χ2n) is 6.95. The zero-order valence-electron chi connectivity index (χ0n) is 16.4. The summed E-state index contributed by atoms with van der Waals surface area (Å²) in [6, 6.07) is 10.5. The number of hydrogen-bond donors (Lipinski definition) is 0. The van der Waals surface area contributed by atoms with Gasteiger partial charge in [-0.3, -0.25) is 0 Å². The van der Waals surface area contributed by atoms with Gasteiger partial charge in [0.1, 0.15) is 0 Å². The van der Waals surface area contributed by atoms with Crippen LogP contribution in [0.3, 0.4) is 0 Å². The zero-order chi connectivity index (χ0) is 20.2. The van der Waals surface area contributed by atoms with Crippen LogP contribution in [0, 0.1) is 18.3 Å². The number of pyridine rings is 1. The predicted octanol–water partition coefficient (Wildman–Crippen LogP) is 4.36. The van der Waals surface area contributed by atoms with E-state index >= 15 is 0 Å². The van der Waals surface area contributed by atoms with Gasteiger partial charge in [0.2, 0.25) is 0 Å². The Labute approximate surface area is 169 Å². The first-order valence-corrected chi connectivity index (χ1v) is 9.38. The fourth-order valence-corrected chi connectivity index (χ4v) is 3.37. The van der Waals surface area contributed by atoms with E-state index in [9.17, 15) is 0 Å². The Balaban J connectivity index is 1.89. The van der Waals surface area contributed by atoms with Crippen LogP contribution in [0.5, 0.6) is 0 Å². The van der Waals surface area contributed by atoms with Crippen LogP contribution >= 0.6 is 0 Å². The van der Waals surface area contributed by atoms with Crippen molar-refractivity contribution in [1.82, 2.24) is 24.7 Å². The Morgan fingerprint density at radius 2 is 2.03 bits per heavy atom. The number of imidazole rings is 1. The Bertz CT molecular complexity index is 1230. The highest BCUT2D eigenvalue weighted by molar-refractivity contribution is 5.93. The minimum absolute atomic E-state index is 0.501. The molecule has 0 aliphatic heterocycles. The van der Waals surface area contributed by atoms with Gasteiger partial charge >= 0.3 is 0 Å². The van der Waals surface area contributed by atoms with E-state index in [1.54, 1.807) is 18.7 Å². The summed E-state index contributed by atoms with van der Waals surface area (Å²) in [6.45, 7) is 2.07. The maximum absolute atomic E-state index is 8.97. The lowest BCUT2D eigenvalue weighted by atomic mass is 9.97. The molecule has 0 amide bonds. The molecule has 3 heterocycles. The Morgan fingerprint density at radius 1 is 1.14 bits per heavy atom. The van der Waals surface area contributed by atoms with Crippen molar-refractivity contribution in [1.29, 1.82) is 5.26 Å². The van der Waals surface area contributed by atoms with Crippen molar-refractivity contribution in [3.63, 3.8) is 0 Å². The van der Waals surface area contributed by atoms with Crippen LogP contribution in [-0.4, -0.2) is 24.7 Å². The van der Waals surface area contributed by atoms with Gasteiger partial charge in [0, 0.05) is 18.9 Å². The predicted molar refractivity (Wildman–Crippen MR) is 114 cm³/mol. The molecule has 0 spiro atoms. The van der Waals surface area contributed by atoms with Crippen molar-refractivity contribution < 1.29 is 0 Å². The van der Waals surface area contributed by atoms with E-state index in [4.69, 9.17) is 10.2 Å². The maximum atomic E-state index is 8.97. The molecular weight excluding hydrogens is 360 g/mol. The van der Waals surface area contributed by atoms with Crippen LogP contribution < -0.4 is 0 Å². The topological polar surface area (TPSA) is 80.3 Å². The third-order valence-corrected chi connectivity index (χ3v) is 4.95. The fraction of sp³-hybridized carbons (Fsp3) is 0.174. The summed E-state index contributed by atoms with van der Waals surface area (Å²) in [5.41, 5.74) is 7.11. The van der Waals surface area contributed by atoms with Crippen molar-refractivity contribution in [3.05, 3.63) is 71.4 Å². The maximum Gasteiger partial charge on any atom is 0.0948 e. The summed E-state index contributed by atoms with van der Waals surface area (Å²) in [5.74, 6) is 0. The molecule has 0 bridgehead atoms. The molecule has 0 radical (unpaired) electrons. The van der Waals surface area contributed by atoms with Crippen LogP contribution in [0.2, 0.25) is 0 Å². The van der Waals surface area contributed by atoms with E-state index in [0.717, 1.165) is 45.4 Å². The molecule has 0 saturated carbocycles. The quantitative estimate of drug-likeness (QED) is 0.514. The van der Waals surface area contributed by atoms with Crippen LogP contribution in [0.25, 0.3) is 34.4 Å². The largest absolute Gasteiger partial charge is 0.332 e. The van der Waals surface area contributed by atoms with E-state index in [1.165, 1.54) is 5.56 Å². The second kappa shape index (κ2) is 8.03. The minimum Gasteiger partial charge on any atom is -0.332 e. The monoisotopic (exact) mass is 380 g/mol. The number of nitriles is 1. The van der Waals surface area contributed by atoms with Gasteiger partial charge in [-0.2, -0.15) is 15.5 Å². The number of aromatic nitrogens is 5. The zero-order valence-corrected chi connectivity index (χ0v) is 16.4.